The van der Waals surface area contributed by atoms with Gasteiger partial charge in [0.2, 0.25) is 0 Å². The smallest absolute Gasteiger partial charge is 0.101 e. The summed E-state index contributed by atoms with van der Waals surface area (Å²) in [6.07, 6.45) is 5.71. The number of piperidine rings is 1. The minimum Gasteiger partial charge on any atom is -0.321 e. The first-order valence-corrected chi connectivity index (χ1v) is 5.60. The molecule has 0 spiro atoms. The zero-order valence-corrected chi connectivity index (χ0v) is 8.93. The molecule has 2 aliphatic rings. The molecule has 2 fully saturated rings. The molecular formula is C10H17N5. The number of likely N-dealkylation sites (tertiary alicyclic amines) is 1. The van der Waals surface area contributed by atoms with E-state index in [9.17, 15) is 0 Å². The molecule has 1 aliphatic heterocycles. The maximum atomic E-state index is 6.26. The molecule has 0 amide bonds. The Balaban J connectivity index is 1.83. The van der Waals surface area contributed by atoms with Gasteiger partial charge in [-0.1, -0.05) is 0 Å². The van der Waals surface area contributed by atoms with E-state index in [1.54, 1.807) is 6.20 Å². The number of likely N-dealkylation sites (N-methyl/N-ethyl adjacent to an activating group) is 1. The molecule has 4 atom stereocenters. The summed E-state index contributed by atoms with van der Waals surface area (Å²) in [7, 11) is 2.19. The van der Waals surface area contributed by atoms with E-state index in [-0.39, 0.29) is 6.04 Å². The third-order valence-electron chi connectivity index (χ3n) is 4.12. The normalized spacial score (nSPS) is 37.3. The Morgan fingerprint density at radius 1 is 1.60 bits per heavy atom. The van der Waals surface area contributed by atoms with Gasteiger partial charge in [-0.15, -0.1) is 0 Å². The number of nitrogens with zero attached hydrogens (tertiary/aromatic N) is 3. The lowest BCUT2D eigenvalue weighted by atomic mass is 9.91. The topological polar surface area (TPSA) is 70.8 Å². The van der Waals surface area contributed by atoms with Crippen molar-refractivity contribution < 1.29 is 0 Å². The number of fused-ring (bicyclic) bond motifs is 2. The van der Waals surface area contributed by atoms with Crippen LogP contribution >= 0.6 is 0 Å². The molecule has 4 unspecified atom stereocenters. The highest BCUT2D eigenvalue weighted by atomic mass is 15.3. The first-order chi connectivity index (χ1) is 7.27. The minimum atomic E-state index is 0.00375. The van der Waals surface area contributed by atoms with Crippen molar-refractivity contribution in [1.82, 2.24) is 20.3 Å². The number of aromatic nitrogens is 3. The van der Waals surface area contributed by atoms with Crippen LogP contribution in [0.5, 0.6) is 0 Å². The second-order valence-corrected chi connectivity index (χ2v) is 4.80. The Hall–Kier alpha value is -0.940. The third kappa shape index (κ3) is 1.30. The molecular weight excluding hydrogens is 190 g/mol. The predicted molar refractivity (Wildman–Crippen MR) is 56.0 cm³/mol. The molecule has 82 valence electrons. The highest BCUT2D eigenvalue weighted by Gasteiger charge is 2.46. The largest absolute Gasteiger partial charge is 0.321 e. The van der Waals surface area contributed by atoms with Gasteiger partial charge >= 0.3 is 0 Å². The predicted octanol–water partition coefficient (Wildman–Crippen LogP) is 0.287. The molecule has 1 saturated carbocycles. The van der Waals surface area contributed by atoms with Crippen LogP contribution in [0.3, 0.4) is 0 Å². The number of rotatable bonds is 2. The van der Waals surface area contributed by atoms with Crippen LogP contribution in [0.1, 0.15) is 31.0 Å². The van der Waals surface area contributed by atoms with Gasteiger partial charge in [-0.2, -0.15) is 15.4 Å². The number of nitrogens with one attached hydrogen (secondary N) is 1. The van der Waals surface area contributed by atoms with E-state index in [0.29, 0.717) is 6.04 Å². The Morgan fingerprint density at radius 3 is 3.07 bits per heavy atom. The molecule has 5 nitrogen and oxygen atoms in total. The lowest BCUT2D eigenvalue weighted by Crippen LogP contribution is -2.44. The van der Waals surface area contributed by atoms with E-state index >= 15 is 0 Å². The van der Waals surface area contributed by atoms with Gasteiger partial charge in [0.25, 0.3) is 0 Å². The highest BCUT2D eigenvalue weighted by Crippen LogP contribution is 2.44. The van der Waals surface area contributed by atoms with Crippen LogP contribution in [0.2, 0.25) is 0 Å². The molecule has 0 aromatic carbocycles. The van der Waals surface area contributed by atoms with Crippen molar-refractivity contribution in [2.75, 3.05) is 7.05 Å². The quantitative estimate of drug-likeness (QED) is 0.731. The van der Waals surface area contributed by atoms with Gasteiger partial charge in [0.15, 0.2) is 0 Å². The first-order valence-electron chi connectivity index (χ1n) is 5.60. The van der Waals surface area contributed by atoms with Crippen molar-refractivity contribution in [2.45, 2.75) is 37.4 Å². The zero-order chi connectivity index (χ0) is 10.4. The average Bonchev–Trinajstić information content (AvgIpc) is 2.93. The van der Waals surface area contributed by atoms with Crippen molar-refractivity contribution in [3.05, 3.63) is 11.9 Å². The summed E-state index contributed by atoms with van der Waals surface area (Å²) in [5.74, 6) is 0.756. The number of nitrogens with two attached hydrogens (primary N) is 1. The average molecular weight is 207 g/mol. The van der Waals surface area contributed by atoms with Gasteiger partial charge in [-0.05, 0) is 32.2 Å². The van der Waals surface area contributed by atoms with E-state index in [1.165, 1.54) is 19.3 Å². The van der Waals surface area contributed by atoms with Gasteiger partial charge in [0.1, 0.15) is 5.69 Å². The number of H-pyrrole nitrogens is 1. The molecule has 1 aliphatic carbocycles. The Labute approximate surface area is 89.0 Å². The number of hydrogen-bond donors (Lipinski definition) is 2. The maximum Gasteiger partial charge on any atom is 0.101 e. The van der Waals surface area contributed by atoms with Crippen LogP contribution in [-0.2, 0) is 0 Å². The van der Waals surface area contributed by atoms with Gasteiger partial charge in [-0.3, -0.25) is 4.90 Å². The fourth-order valence-electron chi connectivity index (χ4n) is 3.34. The SMILES string of the molecule is CN1C2CCC(C2)C1C(N)c1cn[nH]n1. The van der Waals surface area contributed by atoms with Gasteiger partial charge < -0.3 is 5.73 Å². The van der Waals surface area contributed by atoms with Crippen molar-refractivity contribution in [1.29, 1.82) is 0 Å². The van der Waals surface area contributed by atoms with E-state index in [1.807, 2.05) is 0 Å². The van der Waals surface area contributed by atoms with Crippen LogP contribution in [0.4, 0.5) is 0 Å². The zero-order valence-electron chi connectivity index (χ0n) is 8.93. The standard InChI is InChI=1S/C10H17N5/c1-15-7-3-2-6(4-7)10(15)9(11)8-5-12-14-13-8/h5-7,9-10H,2-4,11H2,1H3,(H,12,13,14). The molecule has 3 rings (SSSR count). The summed E-state index contributed by atoms with van der Waals surface area (Å²) in [6, 6.07) is 1.20. The second kappa shape index (κ2) is 3.28. The van der Waals surface area contributed by atoms with Gasteiger partial charge in [0, 0.05) is 12.1 Å². The summed E-state index contributed by atoms with van der Waals surface area (Å²) >= 11 is 0. The van der Waals surface area contributed by atoms with Gasteiger partial charge in [-0.25, -0.2) is 0 Å². The summed E-state index contributed by atoms with van der Waals surface area (Å²) in [5, 5.41) is 10.6. The lowest BCUT2D eigenvalue weighted by Gasteiger charge is -2.35. The Bertz CT molecular complexity index is 334. The van der Waals surface area contributed by atoms with Crippen LogP contribution in [0.15, 0.2) is 6.20 Å². The van der Waals surface area contributed by atoms with E-state index in [0.717, 1.165) is 17.7 Å². The van der Waals surface area contributed by atoms with Crippen LogP contribution in [-0.4, -0.2) is 39.4 Å². The lowest BCUT2D eigenvalue weighted by molar-refractivity contribution is 0.150. The second-order valence-electron chi connectivity index (χ2n) is 4.80. The Kier molecular flexibility index (Phi) is 2.03. The number of hydrogen-bond acceptors (Lipinski definition) is 4. The highest BCUT2D eigenvalue weighted by molar-refractivity contribution is 5.10. The van der Waals surface area contributed by atoms with Crippen molar-refractivity contribution in [2.24, 2.45) is 11.7 Å². The molecule has 0 radical (unpaired) electrons. The maximum absolute atomic E-state index is 6.26. The summed E-state index contributed by atoms with van der Waals surface area (Å²) in [6.45, 7) is 0. The fraction of sp³-hybridized carbons (Fsp3) is 0.800. The molecule has 1 saturated heterocycles. The van der Waals surface area contributed by atoms with Crippen molar-refractivity contribution >= 4 is 0 Å². The third-order valence-corrected chi connectivity index (χ3v) is 4.12. The summed E-state index contributed by atoms with van der Waals surface area (Å²) in [4.78, 5) is 2.44. The van der Waals surface area contributed by atoms with Crippen LogP contribution in [0, 0.1) is 5.92 Å². The first kappa shape index (κ1) is 9.30. The summed E-state index contributed by atoms with van der Waals surface area (Å²) < 4.78 is 0. The molecule has 1 aromatic rings. The monoisotopic (exact) mass is 207 g/mol. The Morgan fingerprint density at radius 2 is 2.47 bits per heavy atom. The van der Waals surface area contributed by atoms with E-state index in [4.69, 9.17) is 5.73 Å². The van der Waals surface area contributed by atoms with Gasteiger partial charge in [0.05, 0.1) is 12.2 Å². The molecule has 3 N–H and O–H groups in total. The van der Waals surface area contributed by atoms with Crippen molar-refractivity contribution in [3.8, 4) is 0 Å². The van der Waals surface area contributed by atoms with Crippen molar-refractivity contribution in [3.63, 3.8) is 0 Å². The summed E-state index contributed by atoms with van der Waals surface area (Å²) in [5.41, 5.74) is 7.15. The van der Waals surface area contributed by atoms with Crippen LogP contribution < -0.4 is 5.73 Å². The fourth-order valence-corrected chi connectivity index (χ4v) is 3.34. The molecule has 15 heavy (non-hydrogen) atoms. The molecule has 5 heteroatoms. The number of aromatic amines is 1. The van der Waals surface area contributed by atoms with Crippen LogP contribution in [0.25, 0.3) is 0 Å². The molecule has 2 bridgehead atoms. The van der Waals surface area contributed by atoms with E-state index in [2.05, 4.69) is 27.4 Å². The van der Waals surface area contributed by atoms with E-state index < -0.39 is 0 Å². The minimum absolute atomic E-state index is 0.00375. The molecule has 1 aromatic heterocycles. The molecule has 2 heterocycles.